The molecule has 1 aromatic rings. The third-order valence-corrected chi connectivity index (χ3v) is 4.07. The lowest BCUT2D eigenvalue weighted by Crippen LogP contribution is -2.45. The van der Waals surface area contributed by atoms with Crippen LogP contribution >= 0.6 is 12.2 Å². The summed E-state index contributed by atoms with van der Waals surface area (Å²) in [5.74, 6) is 0.870. The number of anilines is 1. The topological polar surface area (TPSA) is 75.3 Å². The average molecular weight is 264 g/mol. The van der Waals surface area contributed by atoms with E-state index in [4.69, 9.17) is 18.0 Å². The van der Waals surface area contributed by atoms with E-state index in [-0.39, 0.29) is 11.1 Å². The van der Waals surface area contributed by atoms with Crippen LogP contribution in [-0.2, 0) is 0 Å². The maximum Gasteiger partial charge on any atom is 0.147 e. The minimum absolute atomic E-state index is 0.164. The van der Waals surface area contributed by atoms with Crippen molar-refractivity contribution in [1.29, 1.82) is 0 Å². The Balaban J connectivity index is 1.85. The van der Waals surface area contributed by atoms with Crippen LogP contribution < -0.4 is 10.6 Å². The molecule has 0 saturated carbocycles. The molecule has 2 atom stereocenters. The van der Waals surface area contributed by atoms with E-state index >= 15 is 0 Å². The van der Waals surface area contributed by atoms with Gasteiger partial charge in [0.05, 0.1) is 18.5 Å². The molecule has 5 nitrogen and oxygen atoms in total. The Labute approximate surface area is 111 Å². The number of aliphatic hydroxyl groups excluding tert-OH is 1. The molecule has 2 bridgehead atoms. The van der Waals surface area contributed by atoms with Gasteiger partial charge in [-0.05, 0) is 25.7 Å². The van der Waals surface area contributed by atoms with Crippen LogP contribution in [0.5, 0.6) is 0 Å². The number of piperidine rings is 1. The number of hydrogen-bond donors (Lipinski definition) is 2. The molecule has 0 aliphatic carbocycles. The van der Waals surface area contributed by atoms with E-state index < -0.39 is 0 Å². The summed E-state index contributed by atoms with van der Waals surface area (Å²) in [6, 6.07) is 0.785. The summed E-state index contributed by atoms with van der Waals surface area (Å²) in [4.78, 5) is 11.2. The molecule has 0 spiro atoms. The van der Waals surface area contributed by atoms with Gasteiger partial charge in [-0.3, -0.25) is 0 Å². The van der Waals surface area contributed by atoms with Crippen molar-refractivity contribution in [2.24, 2.45) is 5.73 Å². The highest BCUT2D eigenvalue weighted by Gasteiger charge is 2.40. The molecule has 96 valence electrons. The summed E-state index contributed by atoms with van der Waals surface area (Å²) >= 11 is 4.86. The van der Waals surface area contributed by atoms with Gasteiger partial charge in [0.15, 0.2) is 0 Å². The molecule has 6 heteroatoms. The molecule has 3 rings (SSSR count). The van der Waals surface area contributed by atoms with Crippen molar-refractivity contribution < 1.29 is 5.11 Å². The predicted molar refractivity (Wildman–Crippen MR) is 72.4 cm³/mol. The van der Waals surface area contributed by atoms with Crippen LogP contribution in [0, 0.1) is 0 Å². The quantitative estimate of drug-likeness (QED) is 0.762. The molecule has 3 N–H and O–H groups in total. The summed E-state index contributed by atoms with van der Waals surface area (Å²) < 4.78 is 0. The fraction of sp³-hybridized carbons (Fsp3) is 0.583. The standard InChI is InChI=1S/C12H16N4OS/c13-12(18)10-5-15-11(6-14-10)16-7-1-2-8(16)4-9(17)3-7/h5-9,17H,1-4H2,(H2,13,18). The highest BCUT2D eigenvalue weighted by Crippen LogP contribution is 2.38. The van der Waals surface area contributed by atoms with Gasteiger partial charge < -0.3 is 15.7 Å². The van der Waals surface area contributed by atoms with Crippen molar-refractivity contribution >= 4 is 23.0 Å². The van der Waals surface area contributed by atoms with E-state index in [1.54, 1.807) is 12.4 Å². The number of fused-ring (bicyclic) bond motifs is 2. The van der Waals surface area contributed by atoms with Crippen LogP contribution in [0.25, 0.3) is 0 Å². The van der Waals surface area contributed by atoms with E-state index in [0.29, 0.717) is 17.8 Å². The molecule has 2 aliphatic heterocycles. The number of hydrogen-bond acceptors (Lipinski definition) is 5. The van der Waals surface area contributed by atoms with Gasteiger partial charge in [0, 0.05) is 12.1 Å². The molecule has 1 aromatic heterocycles. The van der Waals surface area contributed by atoms with Gasteiger partial charge in [-0.15, -0.1) is 0 Å². The zero-order valence-electron chi connectivity index (χ0n) is 9.99. The van der Waals surface area contributed by atoms with Gasteiger partial charge in [0.25, 0.3) is 0 Å². The van der Waals surface area contributed by atoms with Gasteiger partial charge in [0.1, 0.15) is 16.5 Å². The first-order valence-corrected chi connectivity index (χ1v) is 6.64. The van der Waals surface area contributed by atoms with Crippen molar-refractivity contribution in [2.45, 2.75) is 43.9 Å². The Hall–Kier alpha value is -1.27. The summed E-state index contributed by atoms with van der Waals surface area (Å²) in [5.41, 5.74) is 6.06. The summed E-state index contributed by atoms with van der Waals surface area (Å²) in [5, 5.41) is 9.78. The Morgan fingerprint density at radius 1 is 1.28 bits per heavy atom. The third kappa shape index (κ3) is 1.95. The van der Waals surface area contributed by atoms with Crippen molar-refractivity contribution in [2.75, 3.05) is 4.90 Å². The van der Waals surface area contributed by atoms with Gasteiger partial charge in [0.2, 0.25) is 0 Å². The monoisotopic (exact) mass is 264 g/mol. The van der Waals surface area contributed by atoms with E-state index in [0.717, 1.165) is 31.5 Å². The lowest BCUT2D eigenvalue weighted by atomic mass is 10.0. The zero-order valence-corrected chi connectivity index (χ0v) is 10.8. The lowest BCUT2D eigenvalue weighted by molar-refractivity contribution is 0.126. The van der Waals surface area contributed by atoms with Crippen LogP contribution in [0.15, 0.2) is 12.4 Å². The average Bonchev–Trinajstić information content (AvgIpc) is 2.62. The number of aromatic nitrogens is 2. The number of aliphatic hydroxyl groups is 1. The number of nitrogens with two attached hydrogens (primary N) is 1. The molecule has 0 amide bonds. The smallest absolute Gasteiger partial charge is 0.147 e. The first kappa shape index (κ1) is 11.8. The molecule has 2 saturated heterocycles. The van der Waals surface area contributed by atoms with Crippen LogP contribution in [0.3, 0.4) is 0 Å². The third-order valence-electron chi connectivity index (χ3n) is 3.86. The summed E-state index contributed by atoms with van der Waals surface area (Å²) in [7, 11) is 0. The van der Waals surface area contributed by atoms with E-state index in [1.165, 1.54) is 0 Å². The molecule has 18 heavy (non-hydrogen) atoms. The minimum atomic E-state index is -0.164. The van der Waals surface area contributed by atoms with Crippen molar-refractivity contribution in [3.63, 3.8) is 0 Å². The Kier molecular flexibility index (Phi) is 2.91. The number of nitrogens with zero attached hydrogens (tertiary/aromatic N) is 3. The van der Waals surface area contributed by atoms with Crippen molar-refractivity contribution in [3.05, 3.63) is 18.1 Å². The lowest BCUT2D eigenvalue weighted by Gasteiger charge is -2.37. The van der Waals surface area contributed by atoms with Gasteiger partial charge >= 0.3 is 0 Å². The fourth-order valence-corrected chi connectivity index (χ4v) is 3.21. The SMILES string of the molecule is NC(=S)c1cnc(N2C3CCC2CC(O)C3)cn1. The highest BCUT2D eigenvalue weighted by atomic mass is 32.1. The summed E-state index contributed by atoms with van der Waals surface area (Å²) in [6.45, 7) is 0. The molecular formula is C12H16N4OS. The highest BCUT2D eigenvalue weighted by molar-refractivity contribution is 7.80. The molecule has 0 aromatic carbocycles. The molecule has 2 aliphatic rings. The Morgan fingerprint density at radius 2 is 1.94 bits per heavy atom. The number of rotatable bonds is 2. The van der Waals surface area contributed by atoms with Crippen molar-refractivity contribution in [3.8, 4) is 0 Å². The van der Waals surface area contributed by atoms with E-state index in [2.05, 4.69) is 14.9 Å². The molecule has 3 heterocycles. The molecule has 2 fully saturated rings. The Morgan fingerprint density at radius 3 is 2.44 bits per heavy atom. The van der Waals surface area contributed by atoms with Crippen LogP contribution in [0.4, 0.5) is 5.82 Å². The largest absolute Gasteiger partial charge is 0.393 e. The van der Waals surface area contributed by atoms with Crippen molar-refractivity contribution in [1.82, 2.24) is 9.97 Å². The minimum Gasteiger partial charge on any atom is -0.393 e. The number of thiocarbonyl (C=S) groups is 1. The van der Waals surface area contributed by atoms with Crippen LogP contribution in [-0.4, -0.2) is 38.3 Å². The van der Waals surface area contributed by atoms with E-state index in [1.807, 2.05) is 0 Å². The van der Waals surface area contributed by atoms with Gasteiger partial charge in [-0.2, -0.15) is 0 Å². The normalized spacial score (nSPS) is 30.5. The molecular weight excluding hydrogens is 248 g/mol. The van der Waals surface area contributed by atoms with Gasteiger partial charge in [-0.1, -0.05) is 12.2 Å². The zero-order chi connectivity index (χ0) is 12.7. The first-order valence-electron chi connectivity index (χ1n) is 6.23. The van der Waals surface area contributed by atoms with E-state index in [9.17, 15) is 5.11 Å². The fourth-order valence-electron chi connectivity index (χ4n) is 3.10. The maximum absolute atomic E-state index is 9.78. The maximum atomic E-state index is 9.78. The Bertz CT molecular complexity index is 450. The van der Waals surface area contributed by atoms with Gasteiger partial charge in [-0.25, -0.2) is 9.97 Å². The second-order valence-electron chi connectivity index (χ2n) is 5.04. The molecule has 0 radical (unpaired) electrons. The van der Waals surface area contributed by atoms with Crippen LogP contribution in [0.2, 0.25) is 0 Å². The second-order valence-corrected chi connectivity index (χ2v) is 5.48. The summed E-state index contributed by atoms with van der Waals surface area (Å²) in [6.07, 6.45) is 7.10. The second kappa shape index (κ2) is 4.44. The first-order chi connectivity index (χ1) is 8.65. The van der Waals surface area contributed by atoms with Crippen LogP contribution in [0.1, 0.15) is 31.4 Å². The molecule has 2 unspecified atom stereocenters. The predicted octanol–water partition coefficient (Wildman–Crippen LogP) is 0.603.